The van der Waals surface area contributed by atoms with Gasteiger partial charge in [-0.05, 0) is 64.6 Å². The largest absolute Gasteiger partial charge is 0.455 e. The molecule has 4 nitrogen and oxygen atoms in total. The molecule has 2 aromatic heterocycles. The first-order valence-electron chi connectivity index (χ1n) is 17.7. The van der Waals surface area contributed by atoms with Crippen LogP contribution in [0.1, 0.15) is 41.3 Å². The first-order chi connectivity index (χ1) is 25.3. The summed E-state index contributed by atoms with van der Waals surface area (Å²) in [5.74, 6) is 2.28. The van der Waals surface area contributed by atoms with Gasteiger partial charge in [0.15, 0.2) is 17.5 Å². The first kappa shape index (κ1) is 29.5. The monoisotopic (exact) mass is 655 g/mol. The second-order valence-corrected chi connectivity index (χ2v) is 13.4. The molecule has 0 N–H and O–H groups in total. The number of furan rings is 1. The minimum Gasteiger partial charge on any atom is -0.455 e. The Hall–Kier alpha value is -6.39. The highest BCUT2D eigenvalue weighted by Gasteiger charge is 2.22. The van der Waals surface area contributed by atoms with E-state index in [1.165, 1.54) is 16.7 Å². The van der Waals surface area contributed by atoms with Crippen LogP contribution in [0, 0.1) is 0 Å². The average molecular weight is 656 g/mol. The average Bonchev–Trinajstić information content (AvgIpc) is 3.60. The van der Waals surface area contributed by atoms with Crippen molar-refractivity contribution in [1.82, 2.24) is 15.0 Å². The van der Waals surface area contributed by atoms with Crippen LogP contribution in [0.2, 0.25) is 0 Å². The molecule has 10 rings (SSSR count). The predicted molar refractivity (Wildman–Crippen MR) is 209 cm³/mol. The van der Waals surface area contributed by atoms with Crippen molar-refractivity contribution in [2.75, 3.05) is 0 Å². The number of allylic oxidation sites excluding steroid dienone is 5. The summed E-state index contributed by atoms with van der Waals surface area (Å²) in [6.45, 7) is 0. The topological polar surface area (TPSA) is 51.8 Å². The van der Waals surface area contributed by atoms with Gasteiger partial charge in [0.05, 0.1) is 0 Å². The van der Waals surface area contributed by atoms with E-state index < -0.39 is 0 Å². The van der Waals surface area contributed by atoms with Gasteiger partial charge in [-0.25, -0.2) is 15.0 Å². The fraction of sp³-hybridized carbons (Fsp3) is 0.0851. The number of fused-ring (bicyclic) bond motifs is 6. The SMILES string of the molecule is C1=Cc2cc(C3C=CC(c4nc(-c5ccccc5)nc(-c5cc6c(oc7cccc(-c8ccccc8)c76)c6ccccc56)n4)=CC3)ccc2CC1. The second kappa shape index (κ2) is 12.2. The van der Waals surface area contributed by atoms with E-state index in [1.54, 1.807) is 0 Å². The Morgan fingerprint density at radius 2 is 1.35 bits per heavy atom. The lowest BCUT2D eigenvalue weighted by Gasteiger charge is -2.19. The summed E-state index contributed by atoms with van der Waals surface area (Å²) in [5, 5.41) is 4.20. The van der Waals surface area contributed by atoms with Gasteiger partial charge in [0.25, 0.3) is 0 Å². The van der Waals surface area contributed by atoms with E-state index in [0.717, 1.165) is 79.8 Å². The quantitative estimate of drug-likeness (QED) is 0.185. The third-order valence-corrected chi connectivity index (χ3v) is 10.3. The van der Waals surface area contributed by atoms with Crippen molar-refractivity contribution >= 4 is 44.4 Å². The molecule has 0 aliphatic heterocycles. The lowest BCUT2D eigenvalue weighted by Crippen LogP contribution is -2.05. The molecule has 1 unspecified atom stereocenters. The Morgan fingerprint density at radius 3 is 2.18 bits per heavy atom. The fourth-order valence-electron chi connectivity index (χ4n) is 7.74. The zero-order valence-electron chi connectivity index (χ0n) is 28.0. The zero-order chi connectivity index (χ0) is 33.7. The van der Waals surface area contributed by atoms with Crippen molar-refractivity contribution in [3.05, 3.63) is 174 Å². The van der Waals surface area contributed by atoms with Crippen LogP contribution in [-0.4, -0.2) is 15.0 Å². The molecule has 0 saturated carbocycles. The molecule has 8 aromatic rings. The summed E-state index contributed by atoms with van der Waals surface area (Å²) in [4.78, 5) is 15.5. The Balaban J connectivity index is 1.14. The Morgan fingerprint density at radius 1 is 0.588 bits per heavy atom. The lowest BCUT2D eigenvalue weighted by atomic mass is 9.86. The van der Waals surface area contributed by atoms with Crippen molar-refractivity contribution < 1.29 is 4.42 Å². The van der Waals surface area contributed by atoms with Gasteiger partial charge in [-0.3, -0.25) is 0 Å². The highest BCUT2D eigenvalue weighted by atomic mass is 16.3. The summed E-state index contributed by atoms with van der Waals surface area (Å²) < 4.78 is 6.63. The minimum atomic E-state index is 0.309. The predicted octanol–water partition coefficient (Wildman–Crippen LogP) is 12.0. The number of aryl methyl sites for hydroxylation is 1. The first-order valence-corrected chi connectivity index (χ1v) is 17.7. The van der Waals surface area contributed by atoms with Crippen molar-refractivity contribution in [3.63, 3.8) is 0 Å². The molecule has 0 fully saturated rings. The Kier molecular flexibility index (Phi) is 7.05. The number of hydrogen-bond donors (Lipinski definition) is 0. The van der Waals surface area contributed by atoms with Crippen molar-refractivity contribution in [3.8, 4) is 33.9 Å². The maximum atomic E-state index is 6.63. The maximum absolute atomic E-state index is 6.63. The molecule has 2 heterocycles. The van der Waals surface area contributed by atoms with Crippen molar-refractivity contribution in [1.29, 1.82) is 0 Å². The third kappa shape index (κ3) is 5.19. The van der Waals surface area contributed by atoms with Crippen LogP contribution >= 0.6 is 0 Å². The minimum absolute atomic E-state index is 0.309. The summed E-state index contributed by atoms with van der Waals surface area (Å²) in [5.41, 5.74) is 11.1. The van der Waals surface area contributed by atoms with Gasteiger partial charge < -0.3 is 4.42 Å². The molecule has 0 amide bonds. The summed E-state index contributed by atoms with van der Waals surface area (Å²) in [7, 11) is 0. The van der Waals surface area contributed by atoms with Crippen LogP contribution in [0.4, 0.5) is 0 Å². The third-order valence-electron chi connectivity index (χ3n) is 10.3. The lowest BCUT2D eigenvalue weighted by molar-refractivity contribution is 0.673. The summed E-state index contributed by atoms with van der Waals surface area (Å²) in [6, 6.07) is 44.6. The van der Waals surface area contributed by atoms with Crippen LogP contribution in [0.25, 0.3) is 78.3 Å². The van der Waals surface area contributed by atoms with Gasteiger partial charge in [0.1, 0.15) is 11.2 Å². The van der Waals surface area contributed by atoms with Crippen LogP contribution in [-0.2, 0) is 6.42 Å². The van der Waals surface area contributed by atoms with E-state index >= 15 is 0 Å². The number of benzene rings is 6. The normalized spacial score (nSPS) is 15.4. The smallest absolute Gasteiger partial charge is 0.164 e. The van der Waals surface area contributed by atoms with Crippen LogP contribution < -0.4 is 0 Å². The number of hydrogen-bond acceptors (Lipinski definition) is 4. The molecule has 2 aliphatic rings. The van der Waals surface area contributed by atoms with Gasteiger partial charge in [-0.15, -0.1) is 0 Å². The molecule has 0 spiro atoms. The van der Waals surface area contributed by atoms with E-state index in [0.29, 0.717) is 23.4 Å². The molecule has 4 heteroatoms. The van der Waals surface area contributed by atoms with Gasteiger partial charge in [-0.1, -0.05) is 146 Å². The molecule has 0 radical (unpaired) electrons. The molecular formula is C47H33N3O. The van der Waals surface area contributed by atoms with Crippen molar-refractivity contribution in [2.45, 2.75) is 25.2 Å². The molecular weight excluding hydrogens is 623 g/mol. The Labute approximate surface area is 296 Å². The van der Waals surface area contributed by atoms with E-state index in [2.05, 4.69) is 134 Å². The number of nitrogens with zero attached hydrogens (tertiary/aromatic N) is 3. The van der Waals surface area contributed by atoms with E-state index in [4.69, 9.17) is 19.4 Å². The van der Waals surface area contributed by atoms with Crippen LogP contribution in [0.15, 0.2) is 156 Å². The van der Waals surface area contributed by atoms with Crippen LogP contribution in [0.3, 0.4) is 0 Å². The highest BCUT2D eigenvalue weighted by molar-refractivity contribution is 6.21. The maximum Gasteiger partial charge on any atom is 0.164 e. The zero-order valence-corrected chi connectivity index (χ0v) is 28.0. The van der Waals surface area contributed by atoms with E-state index in [1.807, 2.05) is 24.3 Å². The standard InChI is InChI=1S/C47H33N3O/c1-3-13-32(14-4-1)37-20-11-21-42-43(37)41-29-40(38-18-9-10-19-39(38)44(41)51-42)47-49-45(33-15-5-2-6-16-33)48-46(50-47)34-25-22-31(23-26-34)36-27-24-30-12-7-8-17-35(30)28-36/h1-6,8-11,13-22,24-29,31H,7,12,23H2. The molecule has 6 aromatic carbocycles. The molecule has 1 atom stereocenters. The fourth-order valence-corrected chi connectivity index (χ4v) is 7.74. The molecule has 0 bridgehead atoms. The second-order valence-electron chi connectivity index (χ2n) is 13.4. The van der Waals surface area contributed by atoms with Crippen molar-refractivity contribution in [2.24, 2.45) is 0 Å². The molecule has 242 valence electrons. The number of aromatic nitrogens is 3. The summed E-state index contributed by atoms with van der Waals surface area (Å²) >= 11 is 0. The van der Waals surface area contributed by atoms with Crippen LogP contribution in [0.5, 0.6) is 0 Å². The Bertz CT molecular complexity index is 2720. The van der Waals surface area contributed by atoms with E-state index in [-0.39, 0.29) is 0 Å². The molecule has 2 aliphatic carbocycles. The number of rotatable bonds is 5. The van der Waals surface area contributed by atoms with E-state index in [9.17, 15) is 0 Å². The van der Waals surface area contributed by atoms with Gasteiger partial charge in [0.2, 0.25) is 0 Å². The molecule has 0 saturated heterocycles. The van der Waals surface area contributed by atoms with Gasteiger partial charge in [0, 0.05) is 38.8 Å². The van der Waals surface area contributed by atoms with Gasteiger partial charge in [-0.2, -0.15) is 0 Å². The summed E-state index contributed by atoms with van der Waals surface area (Å²) in [6.07, 6.45) is 14.4. The highest BCUT2D eigenvalue weighted by Crippen LogP contribution is 2.43. The molecule has 51 heavy (non-hydrogen) atoms. The van der Waals surface area contributed by atoms with Gasteiger partial charge >= 0.3 is 0 Å².